The van der Waals surface area contributed by atoms with E-state index in [0.29, 0.717) is 25.3 Å². The molecule has 0 saturated heterocycles. The number of ether oxygens (including phenoxy) is 1. The van der Waals surface area contributed by atoms with Crippen LogP contribution in [0.15, 0.2) is 48.5 Å². The lowest BCUT2D eigenvalue weighted by atomic mass is 10.0. The molecule has 0 spiro atoms. The number of fused-ring (bicyclic) bond motifs is 1. The van der Waals surface area contributed by atoms with Crippen molar-refractivity contribution in [1.29, 1.82) is 0 Å². The van der Waals surface area contributed by atoms with Crippen molar-refractivity contribution in [3.63, 3.8) is 0 Å². The van der Waals surface area contributed by atoms with Gasteiger partial charge in [0.2, 0.25) is 10.0 Å². The minimum absolute atomic E-state index is 0.0527. The molecule has 1 heterocycles. The van der Waals surface area contributed by atoms with Crippen molar-refractivity contribution in [1.82, 2.24) is 0 Å². The fourth-order valence-corrected chi connectivity index (χ4v) is 3.97. The number of rotatable bonds is 8. The van der Waals surface area contributed by atoms with E-state index in [9.17, 15) is 8.42 Å². The predicted molar refractivity (Wildman–Crippen MR) is 101 cm³/mol. The maximum Gasteiger partial charge on any atom is 0.232 e. The highest BCUT2D eigenvalue weighted by Gasteiger charge is 2.13. The first-order valence-corrected chi connectivity index (χ1v) is 10.3. The van der Waals surface area contributed by atoms with Gasteiger partial charge in [-0.05, 0) is 48.6 Å². The van der Waals surface area contributed by atoms with Crippen molar-refractivity contribution in [3.8, 4) is 0 Å². The van der Waals surface area contributed by atoms with Crippen LogP contribution in [-0.4, -0.2) is 27.3 Å². The normalized spacial score (nSPS) is 13.8. The van der Waals surface area contributed by atoms with Crippen LogP contribution < -0.4 is 10.0 Å². The standard InChI is InChI=1S/C19H24N2O3S/c22-25(23,13-5-12-24-15-16-6-2-1-3-7-16)21-18-9-10-19-17(14-18)8-4-11-20-19/h1-3,6-7,9-10,14,20-21H,4-5,8,11-13,15H2. The molecule has 0 aromatic heterocycles. The molecule has 0 amide bonds. The number of benzene rings is 2. The van der Waals surface area contributed by atoms with Crippen LogP contribution in [0.1, 0.15) is 24.0 Å². The van der Waals surface area contributed by atoms with Gasteiger partial charge >= 0.3 is 0 Å². The van der Waals surface area contributed by atoms with E-state index in [1.54, 1.807) is 6.07 Å². The van der Waals surface area contributed by atoms with E-state index in [1.807, 2.05) is 42.5 Å². The van der Waals surface area contributed by atoms with Crippen molar-refractivity contribution in [2.24, 2.45) is 0 Å². The van der Waals surface area contributed by atoms with Crippen molar-refractivity contribution in [2.45, 2.75) is 25.9 Å². The Morgan fingerprint density at radius 3 is 2.80 bits per heavy atom. The lowest BCUT2D eigenvalue weighted by molar-refractivity contribution is 0.122. The monoisotopic (exact) mass is 360 g/mol. The van der Waals surface area contributed by atoms with Crippen molar-refractivity contribution >= 4 is 21.4 Å². The smallest absolute Gasteiger partial charge is 0.232 e. The second kappa shape index (κ2) is 8.36. The van der Waals surface area contributed by atoms with E-state index in [2.05, 4.69) is 10.0 Å². The van der Waals surface area contributed by atoms with E-state index in [-0.39, 0.29) is 5.75 Å². The zero-order chi connectivity index (χ0) is 17.5. The van der Waals surface area contributed by atoms with Gasteiger partial charge in [0.25, 0.3) is 0 Å². The molecule has 2 aromatic carbocycles. The Balaban J connectivity index is 1.44. The molecule has 2 aromatic rings. The van der Waals surface area contributed by atoms with Gasteiger partial charge in [-0.25, -0.2) is 8.42 Å². The van der Waals surface area contributed by atoms with Crippen LogP contribution in [0.5, 0.6) is 0 Å². The summed E-state index contributed by atoms with van der Waals surface area (Å²) in [4.78, 5) is 0. The second-order valence-electron chi connectivity index (χ2n) is 6.21. The zero-order valence-electron chi connectivity index (χ0n) is 14.2. The summed E-state index contributed by atoms with van der Waals surface area (Å²) >= 11 is 0. The lowest BCUT2D eigenvalue weighted by Gasteiger charge is -2.19. The molecule has 0 saturated carbocycles. The van der Waals surface area contributed by atoms with Crippen LogP contribution in [0.4, 0.5) is 11.4 Å². The topological polar surface area (TPSA) is 67.4 Å². The van der Waals surface area contributed by atoms with Crippen LogP contribution in [0.25, 0.3) is 0 Å². The van der Waals surface area contributed by atoms with Gasteiger partial charge < -0.3 is 10.1 Å². The molecule has 25 heavy (non-hydrogen) atoms. The van der Waals surface area contributed by atoms with Crippen LogP contribution in [-0.2, 0) is 27.8 Å². The maximum atomic E-state index is 12.2. The van der Waals surface area contributed by atoms with Gasteiger partial charge in [-0.1, -0.05) is 30.3 Å². The van der Waals surface area contributed by atoms with Crippen LogP contribution in [0.3, 0.4) is 0 Å². The van der Waals surface area contributed by atoms with Gasteiger partial charge in [0, 0.05) is 24.5 Å². The summed E-state index contributed by atoms with van der Waals surface area (Å²) in [5.74, 6) is 0.0527. The van der Waals surface area contributed by atoms with E-state index in [0.717, 1.165) is 36.2 Å². The zero-order valence-corrected chi connectivity index (χ0v) is 15.0. The molecular formula is C19H24N2O3S. The minimum Gasteiger partial charge on any atom is -0.385 e. The quantitative estimate of drug-likeness (QED) is 0.708. The van der Waals surface area contributed by atoms with Gasteiger partial charge in [0.15, 0.2) is 0 Å². The largest absolute Gasteiger partial charge is 0.385 e. The third kappa shape index (κ3) is 5.47. The molecule has 3 rings (SSSR count). The number of aryl methyl sites for hydroxylation is 1. The summed E-state index contributed by atoms with van der Waals surface area (Å²) in [6, 6.07) is 15.5. The molecule has 0 atom stereocenters. The molecule has 0 radical (unpaired) electrons. The third-order valence-electron chi connectivity index (χ3n) is 4.13. The summed E-state index contributed by atoms with van der Waals surface area (Å²) in [6.07, 6.45) is 2.52. The molecule has 0 bridgehead atoms. The Labute approximate surface area is 149 Å². The number of sulfonamides is 1. The highest BCUT2D eigenvalue weighted by atomic mass is 32.2. The van der Waals surface area contributed by atoms with Gasteiger partial charge in [0.1, 0.15) is 0 Å². The first-order chi connectivity index (χ1) is 12.1. The van der Waals surface area contributed by atoms with E-state index < -0.39 is 10.0 Å². The Morgan fingerprint density at radius 1 is 1.12 bits per heavy atom. The second-order valence-corrected chi connectivity index (χ2v) is 8.06. The van der Waals surface area contributed by atoms with Gasteiger partial charge in [-0.2, -0.15) is 0 Å². The van der Waals surface area contributed by atoms with Crippen LogP contribution in [0.2, 0.25) is 0 Å². The Hall–Kier alpha value is -2.05. The average Bonchev–Trinajstić information content (AvgIpc) is 2.62. The third-order valence-corrected chi connectivity index (χ3v) is 5.50. The fraction of sp³-hybridized carbons (Fsp3) is 0.368. The van der Waals surface area contributed by atoms with Gasteiger partial charge in [-0.15, -0.1) is 0 Å². The van der Waals surface area contributed by atoms with E-state index in [1.165, 1.54) is 0 Å². The molecule has 6 heteroatoms. The van der Waals surface area contributed by atoms with Gasteiger partial charge in [-0.3, -0.25) is 4.72 Å². The lowest BCUT2D eigenvalue weighted by Crippen LogP contribution is -2.18. The summed E-state index contributed by atoms with van der Waals surface area (Å²) in [5, 5.41) is 3.32. The first kappa shape index (κ1) is 17.8. The van der Waals surface area contributed by atoms with E-state index in [4.69, 9.17) is 4.74 Å². The number of hydrogen-bond donors (Lipinski definition) is 2. The minimum atomic E-state index is -3.36. The van der Waals surface area contributed by atoms with Crippen molar-refractivity contribution < 1.29 is 13.2 Å². The van der Waals surface area contributed by atoms with Crippen LogP contribution in [0, 0.1) is 0 Å². The molecular weight excluding hydrogens is 336 g/mol. The Morgan fingerprint density at radius 2 is 1.96 bits per heavy atom. The predicted octanol–water partition coefficient (Wildman–Crippen LogP) is 3.39. The molecule has 0 aliphatic carbocycles. The molecule has 1 aliphatic heterocycles. The number of anilines is 2. The average molecular weight is 360 g/mol. The molecule has 2 N–H and O–H groups in total. The summed E-state index contributed by atoms with van der Waals surface area (Å²) in [5.41, 5.74) is 3.99. The summed E-state index contributed by atoms with van der Waals surface area (Å²) in [7, 11) is -3.36. The molecule has 5 nitrogen and oxygen atoms in total. The number of hydrogen-bond acceptors (Lipinski definition) is 4. The Bertz CT molecular complexity index is 792. The first-order valence-electron chi connectivity index (χ1n) is 8.61. The highest BCUT2D eigenvalue weighted by Crippen LogP contribution is 2.25. The SMILES string of the molecule is O=S(=O)(CCCOCc1ccccc1)Nc1ccc2c(c1)CCCN2. The molecule has 1 aliphatic rings. The van der Waals surface area contributed by atoms with Crippen molar-refractivity contribution in [2.75, 3.05) is 28.9 Å². The fourth-order valence-electron chi connectivity index (χ4n) is 2.88. The molecule has 0 fully saturated rings. The molecule has 0 unspecified atom stereocenters. The highest BCUT2D eigenvalue weighted by molar-refractivity contribution is 7.92. The Kier molecular flexibility index (Phi) is 5.94. The van der Waals surface area contributed by atoms with Crippen molar-refractivity contribution in [3.05, 3.63) is 59.7 Å². The van der Waals surface area contributed by atoms with Crippen LogP contribution >= 0.6 is 0 Å². The molecule has 134 valence electrons. The summed E-state index contributed by atoms with van der Waals surface area (Å²) < 4.78 is 32.6. The van der Waals surface area contributed by atoms with E-state index >= 15 is 0 Å². The maximum absolute atomic E-state index is 12.2. The number of nitrogens with one attached hydrogen (secondary N) is 2. The summed E-state index contributed by atoms with van der Waals surface area (Å²) in [6.45, 7) is 1.90. The van der Waals surface area contributed by atoms with Gasteiger partial charge in [0.05, 0.1) is 12.4 Å².